The lowest BCUT2D eigenvalue weighted by Crippen LogP contribution is -2.27. The minimum Gasteiger partial charge on any atom is -0.490 e. The summed E-state index contributed by atoms with van der Waals surface area (Å²) in [4.78, 5) is 33.9. The summed E-state index contributed by atoms with van der Waals surface area (Å²) in [5.74, 6) is -1.12. The Kier molecular flexibility index (Phi) is 6.83. The van der Waals surface area contributed by atoms with Crippen LogP contribution < -0.4 is 14.4 Å². The molecule has 0 N–H and O–H groups in total. The van der Waals surface area contributed by atoms with E-state index in [2.05, 4.69) is 9.97 Å². The van der Waals surface area contributed by atoms with Crippen LogP contribution in [-0.4, -0.2) is 27.7 Å². The second kappa shape index (κ2) is 9.78. The zero-order valence-electron chi connectivity index (χ0n) is 16.9. The molecule has 11 heteroatoms. The van der Waals surface area contributed by atoms with E-state index in [0.717, 1.165) is 22.9 Å². The number of rotatable bonds is 6. The predicted molar refractivity (Wildman–Crippen MR) is 125 cm³/mol. The minimum absolute atomic E-state index is 0.169. The molecule has 1 aromatic heterocycles. The van der Waals surface area contributed by atoms with Crippen LogP contribution in [0.2, 0.25) is 10.3 Å². The SMILES string of the molecule is CCOc1cc(/C=C2\SC(=O)N(c3ccc(Cl)cc3)C2=O)ccc1Oc1nc(Cl)ncc1F. The van der Waals surface area contributed by atoms with Gasteiger partial charge in [0, 0.05) is 5.02 Å². The van der Waals surface area contributed by atoms with Crippen LogP contribution >= 0.6 is 35.0 Å². The molecule has 4 rings (SSSR count). The Balaban J connectivity index is 1.62. The zero-order chi connectivity index (χ0) is 23.5. The average molecular weight is 506 g/mol. The Morgan fingerprint density at radius 1 is 1.12 bits per heavy atom. The van der Waals surface area contributed by atoms with Crippen LogP contribution in [0.15, 0.2) is 53.6 Å². The van der Waals surface area contributed by atoms with Gasteiger partial charge in [-0.15, -0.1) is 0 Å². The summed E-state index contributed by atoms with van der Waals surface area (Å²) < 4.78 is 25.1. The summed E-state index contributed by atoms with van der Waals surface area (Å²) in [5.41, 5.74) is 1.00. The van der Waals surface area contributed by atoms with E-state index in [1.807, 2.05) is 0 Å². The standard InChI is InChI=1S/C22H14Cl2FN3O4S/c1-2-31-17-9-12(3-8-16(17)32-19-15(25)11-26-21(24)27-19)10-18-20(29)28(22(30)33-18)14-6-4-13(23)5-7-14/h3-11H,2H2,1H3/b18-10-. The van der Waals surface area contributed by atoms with Crippen LogP contribution in [0.4, 0.5) is 14.9 Å². The molecule has 1 saturated heterocycles. The molecular weight excluding hydrogens is 492 g/mol. The largest absolute Gasteiger partial charge is 0.490 e. The molecule has 0 spiro atoms. The highest BCUT2D eigenvalue weighted by atomic mass is 35.5. The molecule has 33 heavy (non-hydrogen) atoms. The number of ether oxygens (including phenoxy) is 2. The lowest BCUT2D eigenvalue weighted by Gasteiger charge is -2.13. The third-order valence-corrected chi connectivity index (χ3v) is 5.64. The van der Waals surface area contributed by atoms with Gasteiger partial charge in [-0.1, -0.05) is 17.7 Å². The smallest absolute Gasteiger partial charge is 0.298 e. The first-order chi connectivity index (χ1) is 15.9. The fourth-order valence-corrected chi connectivity index (χ4v) is 4.00. The molecule has 3 aromatic rings. The summed E-state index contributed by atoms with van der Waals surface area (Å²) in [7, 11) is 0. The Labute approximate surface area is 202 Å². The van der Waals surface area contributed by atoms with E-state index in [0.29, 0.717) is 22.9 Å². The van der Waals surface area contributed by atoms with Crippen molar-refractivity contribution in [3.8, 4) is 17.4 Å². The van der Waals surface area contributed by atoms with Crippen LogP contribution in [0.25, 0.3) is 6.08 Å². The Hall–Kier alpha value is -3.14. The van der Waals surface area contributed by atoms with Crippen LogP contribution in [0.1, 0.15) is 12.5 Å². The molecule has 0 radical (unpaired) electrons. The molecule has 1 aliphatic rings. The van der Waals surface area contributed by atoms with Gasteiger partial charge in [0.2, 0.25) is 11.1 Å². The van der Waals surface area contributed by atoms with Gasteiger partial charge in [0.15, 0.2) is 11.5 Å². The first-order valence-corrected chi connectivity index (χ1v) is 11.1. The first kappa shape index (κ1) is 23.0. The molecule has 7 nitrogen and oxygen atoms in total. The van der Waals surface area contributed by atoms with Gasteiger partial charge in [-0.25, -0.2) is 9.88 Å². The Morgan fingerprint density at radius 2 is 1.88 bits per heavy atom. The normalized spacial score (nSPS) is 14.8. The summed E-state index contributed by atoms with van der Waals surface area (Å²) in [6.07, 6.45) is 2.46. The van der Waals surface area contributed by atoms with Crippen molar-refractivity contribution in [2.75, 3.05) is 11.5 Å². The van der Waals surface area contributed by atoms with Gasteiger partial charge in [0.25, 0.3) is 17.0 Å². The van der Waals surface area contributed by atoms with E-state index in [-0.39, 0.29) is 27.6 Å². The third kappa shape index (κ3) is 5.11. The summed E-state index contributed by atoms with van der Waals surface area (Å²) in [6.45, 7) is 2.08. The number of amides is 2. The van der Waals surface area contributed by atoms with Gasteiger partial charge in [-0.2, -0.15) is 9.37 Å². The van der Waals surface area contributed by atoms with E-state index in [9.17, 15) is 14.0 Å². The van der Waals surface area contributed by atoms with Gasteiger partial charge in [0.1, 0.15) is 0 Å². The fraction of sp³-hybridized carbons (Fsp3) is 0.0909. The van der Waals surface area contributed by atoms with E-state index in [1.165, 1.54) is 6.07 Å². The molecule has 0 bridgehead atoms. The van der Waals surface area contributed by atoms with Crippen LogP contribution in [0, 0.1) is 5.82 Å². The topological polar surface area (TPSA) is 81.6 Å². The maximum absolute atomic E-state index is 14.0. The Morgan fingerprint density at radius 3 is 2.61 bits per heavy atom. The van der Waals surface area contributed by atoms with Gasteiger partial charge < -0.3 is 9.47 Å². The molecule has 2 heterocycles. The Bertz CT molecular complexity index is 1270. The van der Waals surface area contributed by atoms with Crippen molar-refractivity contribution >= 4 is 57.9 Å². The van der Waals surface area contributed by atoms with Crippen molar-refractivity contribution in [3.63, 3.8) is 0 Å². The molecule has 0 atom stereocenters. The van der Waals surface area contributed by atoms with E-state index < -0.39 is 17.0 Å². The van der Waals surface area contributed by atoms with E-state index >= 15 is 0 Å². The van der Waals surface area contributed by atoms with Crippen LogP contribution in [0.5, 0.6) is 17.4 Å². The summed E-state index contributed by atoms with van der Waals surface area (Å²) in [5, 5.41) is -0.0943. The van der Waals surface area contributed by atoms with Crippen LogP contribution in [0.3, 0.4) is 0 Å². The van der Waals surface area contributed by atoms with Gasteiger partial charge in [-0.05, 0) is 78.3 Å². The van der Waals surface area contributed by atoms with Crippen molar-refractivity contribution in [3.05, 3.63) is 75.3 Å². The number of aromatic nitrogens is 2. The van der Waals surface area contributed by atoms with Crippen molar-refractivity contribution in [1.82, 2.24) is 9.97 Å². The average Bonchev–Trinajstić information content (AvgIpc) is 3.06. The molecule has 2 aromatic carbocycles. The maximum atomic E-state index is 14.0. The lowest BCUT2D eigenvalue weighted by atomic mass is 10.1. The second-order valence-electron chi connectivity index (χ2n) is 6.53. The molecule has 1 aliphatic heterocycles. The highest BCUT2D eigenvalue weighted by Gasteiger charge is 2.36. The second-order valence-corrected chi connectivity index (χ2v) is 8.29. The van der Waals surface area contributed by atoms with Gasteiger partial charge in [-0.3, -0.25) is 9.59 Å². The number of benzene rings is 2. The van der Waals surface area contributed by atoms with Crippen molar-refractivity contribution in [2.45, 2.75) is 6.92 Å². The summed E-state index contributed by atoms with van der Waals surface area (Å²) >= 11 is 12.4. The third-order valence-electron chi connectivity index (χ3n) is 4.33. The number of carbonyl (C=O) groups is 2. The van der Waals surface area contributed by atoms with Crippen molar-refractivity contribution in [2.24, 2.45) is 0 Å². The number of nitrogens with zero attached hydrogens (tertiary/aromatic N) is 3. The van der Waals surface area contributed by atoms with Crippen LogP contribution in [-0.2, 0) is 4.79 Å². The van der Waals surface area contributed by atoms with E-state index in [4.69, 9.17) is 32.7 Å². The minimum atomic E-state index is -0.790. The quantitative estimate of drug-likeness (QED) is 0.285. The zero-order valence-corrected chi connectivity index (χ0v) is 19.2. The van der Waals surface area contributed by atoms with Gasteiger partial charge in [0.05, 0.1) is 23.4 Å². The molecule has 0 unspecified atom stereocenters. The maximum Gasteiger partial charge on any atom is 0.298 e. The van der Waals surface area contributed by atoms with Gasteiger partial charge >= 0.3 is 0 Å². The van der Waals surface area contributed by atoms with Crippen molar-refractivity contribution < 1.29 is 23.5 Å². The number of hydrogen-bond donors (Lipinski definition) is 0. The highest BCUT2D eigenvalue weighted by molar-refractivity contribution is 8.19. The molecular formula is C22H14Cl2FN3O4S. The molecule has 2 amide bonds. The number of anilines is 1. The fourth-order valence-electron chi connectivity index (χ4n) is 2.91. The molecule has 0 aliphatic carbocycles. The first-order valence-electron chi connectivity index (χ1n) is 9.52. The monoisotopic (exact) mass is 505 g/mol. The van der Waals surface area contributed by atoms with E-state index in [1.54, 1.807) is 49.4 Å². The number of thioether (sulfide) groups is 1. The molecule has 168 valence electrons. The molecule has 0 saturated carbocycles. The lowest BCUT2D eigenvalue weighted by molar-refractivity contribution is -0.113. The summed E-state index contributed by atoms with van der Waals surface area (Å²) in [6, 6.07) is 11.2. The number of hydrogen-bond acceptors (Lipinski definition) is 7. The predicted octanol–water partition coefficient (Wildman–Crippen LogP) is 6.35. The number of imide groups is 1. The van der Waals surface area contributed by atoms with Crippen molar-refractivity contribution in [1.29, 1.82) is 0 Å². The molecule has 1 fully saturated rings. The number of carbonyl (C=O) groups excluding carboxylic acids is 2. The highest BCUT2D eigenvalue weighted by Crippen LogP contribution is 2.38. The number of halogens is 3.